The molecule has 1 aromatic carbocycles. The fourth-order valence-corrected chi connectivity index (χ4v) is 2.93. The highest BCUT2D eigenvalue weighted by atomic mass is 32.2. The van der Waals surface area contributed by atoms with Gasteiger partial charge in [-0.05, 0) is 30.3 Å². The second kappa shape index (κ2) is 8.34. The minimum Gasteiger partial charge on any atom is -0.347 e. The second-order valence-corrected chi connectivity index (χ2v) is 6.03. The molecule has 0 aliphatic rings. The summed E-state index contributed by atoms with van der Waals surface area (Å²) in [6.45, 7) is 3.89. The van der Waals surface area contributed by atoms with E-state index >= 15 is 0 Å². The van der Waals surface area contributed by atoms with E-state index in [9.17, 15) is 9.18 Å². The molecule has 26 heavy (non-hydrogen) atoms. The lowest BCUT2D eigenvalue weighted by molar-refractivity contribution is 0.0952. The molecule has 3 rings (SSSR count). The van der Waals surface area contributed by atoms with Gasteiger partial charge in [-0.1, -0.05) is 23.1 Å². The summed E-state index contributed by atoms with van der Waals surface area (Å²) in [7, 11) is 0. The van der Waals surface area contributed by atoms with Gasteiger partial charge in [0.05, 0.1) is 11.4 Å². The smallest absolute Gasteiger partial charge is 0.274 e. The van der Waals surface area contributed by atoms with Crippen molar-refractivity contribution in [2.45, 2.75) is 10.9 Å². The number of thioether (sulfide) groups is 1. The van der Waals surface area contributed by atoms with Crippen LogP contribution in [0.25, 0.3) is 5.69 Å². The number of carbonyl (C=O) groups is 1. The maximum atomic E-state index is 13.2. The summed E-state index contributed by atoms with van der Waals surface area (Å²) in [5.41, 5.74) is 1.36. The zero-order valence-corrected chi connectivity index (χ0v) is 14.5. The largest absolute Gasteiger partial charge is 0.347 e. The normalized spacial score (nSPS) is 10.5. The Morgan fingerprint density at radius 3 is 2.69 bits per heavy atom. The van der Waals surface area contributed by atoms with Crippen molar-refractivity contribution in [3.8, 4) is 5.69 Å². The molecular weight excluding hydrogens is 355 g/mol. The molecular formula is C17H15FN6OS. The fourth-order valence-electron chi connectivity index (χ4n) is 2.14. The standard InChI is InChI=1S/C17H15FN6OS/c1-2-8-19-16(25)15-14(11-26-17-20-9-3-10-21-17)24(23-22-15)13-6-4-12(18)5-7-13/h2-7,9-10H,1,8,11H2,(H,19,25). The van der Waals surface area contributed by atoms with Gasteiger partial charge in [0.25, 0.3) is 5.91 Å². The first-order valence-electron chi connectivity index (χ1n) is 7.68. The van der Waals surface area contributed by atoms with Crippen LogP contribution >= 0.6 is 11.8 Å². The molecule has 7 nitrogen and oxygen atoms in total. The van der Waals surface area contributed by atoms with E-state index in [-0.39, 0.29) is 17.4 Å². The van der Waals surface area contributed by atoms with Gasteiger partial charge in [0.2, 0.25) is 0 Å². The van der Waals surface area contributed by atoms with E-state index < -0.39 is 0 Å². The molecule has 0 bridgehead atoms. The summed E-state index contributed by atoms with van der Waals surface area (Å²) in [5, 5.41) is 11.3. The number of nitrogens with one attached hydrogen (secondary N) is 1. The van der Waals surface area contributed by atoms with Crippen LogP contribution in [0.1, 0.15) is 16.2 Å². The number of hydrogen-bond acceptors (Lipinski definition) is 6. The summed E-state index contributed by atoms with van der Waals surface area (Å²) in [6.07, 6.45) is 4.86. The third kappa shape index (κ3) is 4.12. The van der Waals surface area contributed by atoms with Crippen LogP contribution in [0, 0.1) is 5.82 Å². The van der Waals surface area contributed by atoms with Crippen molar-refractivity contribution in [2.24, 2.45) is 0 Å². The Morgan fingerprint density at radius 1 is 1.27 bits per heavy atom. The first kappa shape index (κ1) is 17.7. The maximum Gasteiger partial charge on any atom is 0.274 e. The number of hydrogen-bond donors (Lipinski definition) is 1. The van der Waals surface area contributed by atoms with E-state index in [0.29, 0.717) is 28.8 Å². The Morgan fingerprint density at radius 2 is 2.00 bits per heavy atom. The van der Waals surface area contributed by atoms with E-state index in [1.165, 1.54) is 28.6 Å². The number of halogens is 1. The molecule has 3 aromatic rings. The van der Waals surface area contributed by atoms with Gasteiger partial charge in [-0.15, -0.1) is 11.7 Å². The van der Waals surface area contributed by atoms with Crippen LogP contribution in [-0.2, 0) is 5.75 Å². The van der Waals surface area contributed by atoms with Gasteiger partial charge in [-0.3, -0.25) is 4.79 Å². The Hall–Kier alpha value is -3.07. The van der Waals surface area contributed by atoms with Gasteiger partial charge in [0.15, 0.2) is 10.9 Å². The number of rotatable bonds is 7. The number of aromatic nitrogens is 5. The predicted molar refractivity (Wildman–Crippen MR) is 95.4 cm³/mol. The van der Waals surface area contributed by atoms with Crippen molar-refractivity contribution in [1.82, 2.24) is 30.3 Å². The van der Waals surface area contributed by atoms with Crippen molar-refractivity contribution in [3.63, 3.8) is 0 Å². The SMILES string of the molecule is C=CCNC(=O)c1nnn(-c2ccc(F)cc2)c1CSc1ncccn1. The minimum absolute atomic E-state index is 0.194. The van der Waals surface area contributed by atoms with E-state index in [1.54, 1.807) is 36.7 Å². The lowest BCUT2D eigenvalue weighted by atomic mass is 10.2. The van der Waals surface area contributed by atoms with Crippen molar-refractivity contribution >= 4 is 17.7 Å². The molecule has 0 fully saturated rings. The van der Waals surface area contributed by atoms with E-state index in [2.05, 4.69) is 32.2 Å². The Kier molecular flexibility index (Phi) is 5.69. The van der Waals surface area contributed by atoms with E-state index in [1.807, 2.05) is 0 Å². The summed E-state index contributed by atoms with van der Waals surface area (Å²) >= 11 is 1.35. The molecule has 0 saturated carbocycles. The number of carbonyl (C=O) groups excluding carboxylic acids is 1. The molecule has 0 aliphatic heterocycles. The van der Waals surface area contributed by atoms with Crippen LogP contribution in [0.4, 0.5) is 4.39 Å². The highest BCUT2D eigenvalue weighted by Gasteiger charge is 2.21. The average molecular weight is 370 g/mol. The van der Waals surface area contributed by atoms with Crippen molar-refractivity contribution in [3.05, 3.63) is 72.6 Å². The zero-order valence-electron chi connectivity index (χ0n) is 13.7. The lowest BCUT2D eigenvalue weighted by Crippen LogP contribution is -2.25. The first-order valence-corrected chi connectivity index (χ1v) is 8.67. The van der Waals surface area contributed by atoms with Crippen LogP contribution in [0.15, 0.2) is 60.5 Å². The molecule has 0 spiro atoms. The summed E-state index contributed by atoms with van der Waals surface area (Å²) in [4.78, 5) is 20.7. The molecule has 1 amide bonds. The van der Waals surface area contributed by atoms with Crippen LogP contribution in [0.2, 0.25) is 0 Å². The van der Waals surface area contributed by atoms with Gasteiger partial charge in [0.1, 0.15) is 5.82 Å². The highest BCUT2D eigenvalue weighted by molar-refractivity contribution is 7.98. The van der Waals surface area contributed by atoms with E-state index in [0.717, 1.165) is 0 Å². The van der Waals surface area contributed by atoms with Gasteiger partial charge in [0, 0.05) is 24.7 Å². The van der Waals surface area contributed by atoms with E-state index in [4.69, 9.17) is 0 Å². The molecule has 1 N–H and O–H groups in total. The minimum atomic E-state index is -0.358. The fraction of sp³-hybridized carbons (Fsp3) is 0.118. The molecule has 0 unspecified atom stereocenters. The van der Waals surface area contributed by atoms with Gasteiger partial charge in [-0.25, -0.2) is 19.0 Å². The van der Waals surface area contributed by atoms with Gasteiger partial charge >= 0.3 is 0 Å². The molecule has 0 aliphatic carbocycles. The molecule has 0 saturated heterocycles. The maximum absolute atomic E-state index is 13.2. The molecule has 0 radical (unpaired) electrons. The summed E-state index contributed by atoms with van der Waals surface area (Å²) < 4.78 is 14.7. The van der Waals surface area contributed by atoms with Gasteiger partial charge in [-0.2, -0.15) is 0 Å². The Bertz CT molecular complexity index is 897. The van der Waals surface area contributed by atoms with Crippen LogP contribution < -0.4 is 5.32 Å². The molecule has 0 atom stereocenters. The Labute approximate surface area is 153 Å². The van der Waals surface area contributed by atoms with Crippen LogP contribution in [0.5, 0.6) is 0 Å². The summed E-state index contributed by atoms with van der Waals surface area (Å²) in [5.74, 6) is -0.347. The second-order valence-electron chi connectivity index (χ2n) is 5.09. The Balaban J connectivity index is 1.93. The quantitative estimate of drug-likeness (QED) is 0.390. The van der Waals surface area contributed by atoms with Crippen LogP contribution in [-0.4, -0.2) is 37.4 Å². The van der Waals surface area contributed by atoms with Crippen molar-refractivity contribution in [1.29, 1.82) is 0 Å². The molecule has 2 aromatic heterocycles. The zero-order chi connectivity index (χ0) is 18.4. The summed E-state index contributed by atoms with van der Waals surface area (Å²) in [6, 6.07) is 7.52. The average Bonchev–Trinajstić information content (AvgIpc) is 3.10. The number of benzene rings is 1. The third-order valence-corrected chi connectivity index (χ3v) is 4.22. The predicted octanol–water partition coefficient (Wildman–Crippen LogP) is 2.40. The topological polar surface area (TPSA) is 85.6 Å². The lowest BCUT2D eigenvalue weighted by Gasteiger charge is -2.08. The van der Waals surface area contributed by atoms with Gasteiger partial charge < -0.3 is 5.32 Å². The third-order valence-electron chi connectivity index (χ3n) is 3.34. The highest BCUT2D eigenvalue weighted by Crippen LogP contribution is 2.22. The van der Waals surface area contributed by atoms with Crippen molar-refractivity contribution < 1.29 is 9.18 Å². The van der Waals surface area contributed by atoms with Crippen LogP contribution in [0.3, 0.4) is 0 Å². The monoisotopic (exact) mass is 370 g/mol. The van der Waals surface area contributed by atoms with Crippen molar-refractivity contribution in [2.75, 3.05) is 6.54 Å². The number of amides is 1. The number of nitrogens with zero attached hydrogens (tertiary/aromatic N) is 5. The first-order chi connectivity index (χ1) is 12.7. The molecule has 132 valence electrons. The molecule has 2 heterocycles. The molecule has 9 heteroatoms.